The van der Waals surface area contributed by atoms with Crippen LogP contribution in [0.5, 0.6) is 5.75 Å². The normalized spacial score (nSPS) is 26.9. The molecule has 0 aromatic heterocycles. The third-order valence-electron chi connectivity index (χ3n) is 4.78. The fraction of sp³-hybridized carbons (Fsp3) is 0.647. The molecule has 0 spiro atoms. The van der Waals surface area contributed by atoms with Gasteiger partial charge >= 0.3 is 0 Å². The number of ether oxygens (including phenoxy) is 1. The quantitative estimate of drug-likeness (QED) is 0.917. The van der Waals surface area contributed by atoms with Gasteiger partial charge in [0.05, 0.1) is 6.61 Å². The summed E-state index contributed by atoms with van der Waals surface area (Å²) in [4.78, 5) is 2.55. The molecule has 2 aliphatic heterocycles. The predicted octanol–water partition coefficient (Wildman–Crippen LogP) is 2.61. The van der Waals surface area contributed by atoms with Crippen LogP contribution in [0.15, 0.2) is 18.2 Å². The van der Waals surface area contributed by atoms with Gasteiger partial charge in [0, 0.05) is 12.5 Å². The Morgan fingerprint density at radius 3 is 3.10 bits per heavy atom. The minimum Gasteiger partial charge on any atom is -0.493 e. The van der Waals surface area contributed by atoms with Gasteiger partial charge in [0.2, 0.25) is 0 Å². The Morgan fingerprint density at radius 1 is 1.35 bits per heavy atom. The van der Waals surface area contributed by atoms with Gasteiger partial charge in [0.25, 0.3) is 0 Å². The monoisotopic (exact) mass is 274 g/mol. The molecule has 2 unspecified atom stereocenters. The Hall–Kier alpha value is -1.06. The van der Waals surface area contributed by atoms with Gasteiger partial charge in [0.1, 0.15) is 5.75 Å². The van der Waals surface area contributed by atoms with Crippen LogP contribution in [0.4, 0.5) is 0 Å². The molecule has 2 aliphatic rings. The number of hydrogen-bond donors (Lipinski definition) is 1. The Morgan fingerprint density at radius 2 is 2.25 bits per heavy atom. The zero-order chi connectivity index (χ0) is 13.9. The molecule has 0 radical (unpaired) electrons. The molecule has 2 heterocycles. The highest BCUT2D eigenvalue weighted by molar-refractivity contribution is 5.41. The highest BCUT2D eigenvalue weighted by atomic mass is 16.5. The lowest BCUT2D eigenvalue weighted by Gasteiger charge is -2.33. The summed E-state index contributed by atoms with van der Waals surface area (Å²) in [6, 6.07) is 7.37. The summed E-state index contributed by atoms with van der Waals surface area (Å²) >= 11 is 0. The standard InChI is InChI=1S/C17H26N2O/c1-18-12-15-5-3-4-9-19(2)17(15)14-6-7-16-13(11-14)8-10-20-16/h6-7,11,15,17-18H,3-5,8-10,12H2,1-2H3. The van der Waals surface area contributed by atoms with Crippen molar-refractivity contribution in [1.29, 1.82) is 0 Å². The average molecular weight is 274 g/mol. The third kappa shape index (κ3) is 2.70. The van der Waals surface area contributed by atoms with Crippen LogP contribution >= 0.6 is 0 Å². The highest BCUT2D eigenvalue weighted by Gasteiger charge is 2.29. The van der Waals surface area contributed by atoms with E-state index >= 15 is 0 Å². The summed E-state index contributed by atoms with van der Waals surface area (Å²) in [6.45, 7) is 3.15. The van der Waals surface area contributed by atoms with Gasteiger partial charge in [-0.15, -0.1) is 0 Å². The summed E-state index contributed by atoms with van der Waals surface area (Å²) < 4.78 is 5.64. The minimum absolute atomic E-state index is 0.538. The maximum atomic E-state index is 5.64. The zero-order valence-electron chi connectivity index (χ0n) is 12.7. The molecule has 0 saturated carbocycles. The minimum atomic E-state index is 0.538. The molecule has 3 heteroatoms. The number of nitrogens with one attached hydrogen (secondary N) is 1. The van der Waals surface area contributed by atoms with Crippen molar-refractivity contribution in [2.45, 2.75) is 31.7 Å². The highest BCUT2D eigenvalue weighted by Crippen LogP contribution is 2.36. The SMILES string of the molecule is CNCC1CCCCN(C)C1c1ccc2c(c1)CCO2. The maximum absolute atomic E-state index is 5.64. The van der Waals surface area contributed by atoms with Crippen LogP contribution in [-0.2, 0) is 6.42 Å². The van der Waals surface area contributed by atoms with Crippen molar-refractivity contribution < 1.29 is 4.74 Å². The van der Waals surface area contributed by atoms with E-state index in [-0.39, 0.29) is 0 Å². The first-order valence-electron chi connectivity index (χ1n) is 7.90. The lowest BCUT2D eigenvalue weighted by atomic mass is 9.88. The van der Waals surface area contributed by atoms with E-state index in [1.807, 2.05) is 0 Å². The second-order valence-electron chi connectivity index (χ2n) is 6.20. The second-order valence-corrected chi connectivity index (χ2v) is 6.20. The number of nitrogens with zero attached hydrogens (tertiary/aromatic N) is 1. The molecular formula is C17H26N2O. The Bertz CT molecular complexity index is 460. The number of rotatable bonds is 3. The Balaban J connectivity index is 1.90. The van der Waals surface area contributed by atoms with Crippen molar-refractivity contribution in [3.63, 3.8) is 0 Å². The molecular weight excluding hydrogens is 248 g/mol. The first kappa shape index (κ1) is 13.9. The number of fused-ring (bicyclic) bond motifs is 1. The van der Waals surface area contributed by atoms with Crippen LogP contribution < -0.4 is 10.1 Å². The van der Waals surface area contributed by atoms with Crippen LogP contribution in [-0.4, -0.2) is 38.7 Å². The molecule has 3 rings (SSSR count). The molecule has 0 amide bonds. The number of likely N-dealkylation sites (tertiary alicyclic amines) is 1. The lowest BCUT2D eigenvalue weighted by Crippen LogP contribution is -2.34. The largest absolute Gasteiger partial charge is 0.493 e. The summed E-state index contributed by atoms with van der Waals surface area (Å²) in [6.07, 6.45) is 5.06. The predicted molar refractivity (Wildman–Crippen MR) is 82.3 cm³/mol. The van der Waals surface area contributed by atoms with Crippen LogP contribution in [0.3, 0.4) is 0 Å². The molecule has 2 atom stereocenters. The van der Waals surface area contributed by atoms with Crippen LogP contribution in [0.25, 0.3) is 0 Å². The smallest absolute Gasteiger partial charge is 0.122 e. The van der Waals surface area contributed by atoms with E-state index in [0.29, 0.717) is 12.0 Å². The lowest BCUT2D eigenvalue weighted by molar-refractivity contribution is 0.191. The summed E-state index contributed by atoms with van der Waals surface area (Å²) in [5, 5.41) is 3.39. The number of benzene rings is 1. The van der Waals surface area contributed by atoms with E-state index in [0.717, 1.165) is 25.3 Å². The van der Waals surface area contributed by atoms with Crippen LogP contribution in [0.2, 0.25) is 0 Å². The second kappa shape index (κ2) is 6.15. The molecule has 1 aromatic carbocycles. The molecule has 1 N–H and O–H groups in total. The van der Waals surface area contributed by atoms with Gasteiger partial charge in [-0.05, 0) is 63.1 Å². The van der Waals surface area contributed by atoms with Crippen molar-refractivity contribution in [3.05, 3.63) is 29.3 Å². The fourth-order valence-electron chi connectivity index (χ4n) is 3.82. The van der Waals surface area contributed by atoms with Gasteiger partial charge in [-0.3, -0.25) is 4.90 Å². The van der Waals surface area contributed by atoms with E-state index in [9.17, 15) is 0 Å². The molecule has 1 saturated heterocycles. The zero-order valence-corrected chi connectivity index (χ0v) is 12.7. The Labute approximate surface area is 122 Å². The van der Waals surface area contributed by atoms with E-state index in [1.165, 1.54) is 36.9 Å². The van der Waals surface area contributed by atoms with Gasteiger partial charge < -0.3 is 10.1 Å². The first-order valence-corrected chi connectivity index (χ1v) is 7.90. The topological polar surface area (TPSA) is 24.5 Å². The van der Waals surface area contributed by atoms with Gasteiger partial charge in [-0.2, -0.15) is 0 Å². The summed E-state index contributed by atoms with van der Waals surface area (Å²) in [5.41, 5.74) is 2.86. The molecule has 3 nitrogen and oxygen atoms in total. The van der Waals surface area contributed by atoms with Gasteiger partial charge in [-0.1, -0.05) is 18.6 Å². The van der Waals surface area contributed by atoms with Crippen LogP contribution in [0.1, 0.15) is 36.4 Å². The van der Waals surface area contributed by atoms with Crippen molar-refractivity contribution in [2.75, 3.05) is 33.8 Å². The fourth-order valence-corrected chi connectivity index (χ4v) is 3.82. The Kier molecular flexibility index (Phi) is 4.27. The third-order valence-corrected chi connectivity index (χ3v) is 4.78. The molecule has 0 aliphatic carbocycles. The molecule has 20 heavy (non-hydrogen) atoms. The molecule has 0 bridgehead atoms. The first-order chi connectivity index (χ1) is 9.79. The van der Waals surface area contributed by atoms with Crippen LogP contribution in [0, 0.1) is 5.92 Å². The van der Waals surface area contributed by atoms with Gasteiger partial charge in [-0.25, -0.2) is 0 Å². The molecule has 1 aromatic rings. The van der Waals surface area contributed by atoms with Crippen molar-refractivity contribution in [2.24, 2.45) is 5.92 Å². The van der Waals surface area contributed by atoms with Crippen molar-refractivity contribution >= 4 is 0 Å². The molecule has 110 valence electrons. The van der Waals surface area contributed by atoms with E-state index < -0.39 is 0 Å². The van der Waals surface area contributed by atoms with Crippen molar-refractivity contribution in [3.8, 4) is 5.75 Å². The van der Waals surface area contributed by atoms with E-state index in [4.69, 9.17) is 4.74 Å². The van der Waals surface area contributed by atoms with E-state index in [1.54, 1.807) is 0 Å². The van der Waals surface area contributed by atoms with Crippen molar-refractivity contribution in [1.82, 2.24) is 10.2 Å². The maximum Gasteiger partial charge on any atom is 0.122 e. The summed E-state index contributed by atoms with van der Waals surface area (Å²) in [5.74, 6) is 1.79. The van der Waals surface area contributed by atoms with Gasteiger partial charge in [0.15, 0.2) is 0 Å². The summed E-state index contributed by atoms with van der Waals surface area (Å²) in [7, 11) is 4.35. The molecule has 1 fully saturated rings. The number of hydrogen-bond acceptors (Lipinski definition) is 3. The van der Waals surface area contributed by atoms with E-state index in [2.05, 4.69) is 42.5 Å². The average Bonchev–Trinajstić information content (AvgIpc) is 2.83.